The fraction of sp³-hybridized carbons (Fsp3) is 0.538. The van der Waals surface area contributed by atoms with Gasteiger partial charge >= 0.3 is 0 Å². The van der Waals surface area contributed by atoms with Crippen molar-refractivity contribution in [2.24, 2.45) is 0 Å². The van der Waals surface area contributed by atoms with Gasteiger partial charge in [0.25, 0.3) is 0 Å². The lowest BCUT2D eigenvalue weighted by Gasteiger charge is -2.27. The molecule has 0 aliphatic heterocycles. The van der Waals surface area contributed by atoms with E-state index in [-0.39, 0.29) is 5.75 Å². The minimum absolute atomic E-state index is 0.0708. The van der Waals surface area contributed by atoms with E-state index in [2.05, 4.69) is 4.72 Å². The Hall–Kier alpha value is -0.940. The summed E-state index contributed by atoms with van der Waals surface area (Å²) in [6, 6.07) is 6.20. The van der Waals surface area contributed by atoms with Gasteiger partial charge in [0.05, 0.1) is 11.3 Å². The summed E-state index contributed by atoms with van der Waals surface area (Å²) >= 11 is 0. The lowest BCUT2D eigenvalue weighted by Crippen LogP contribution is -2.42. The Bertz CT molecular complexity index is 497. The summed E-state index contributed by atoms with van der Waals surface area (Å²) in [6.45, 7) is 5.25. The number of benzene rings is 1. The lowest BCUT2D eigenvalue weighted by atomic mass is 9.95. The van der Waals surface area contributed by atoms with Crippen LogP contribution in [0.3, 0.4) is 0 Å². The van der Waals surface area contributed by atoms with E-state index in [1.807, 2.05) is 6.92 Å². The maximum absolute atomic E-state index is 13.7. The number of rotatable bonds is 6. The monoisotopic (exact) mass is 273 g/mol. The molecule has 0 aliphatic carbocycles. The van der Waals surface area contributed by atoms with Crippen LogP contribution >= 0.6 is 0 Å². The summed E-state index contributed by atoms with van der Waals surface area (Å²) in [5, 5.41) is 0. The zero-order valence-corrected chi connectivity index (χ0v) is 11.8. The summed E-state index contributed by atoms with van der Waals surface area (Å²) in [4.78, 5) is 0. The average molecular weight is 273 g/mol. The molecule has 0 aromatic heterocycles. The number of hydrogen-bond donors (Lipinski definition) is 1. The second kappa shape index (κ2) is 5.80. The van der Waals surface area contributed by atoms with Crippen molar-refractivity contribution in [3.05, 3.63) is 35.6 Å². The minimum Gasteiger partial charge on any atom is -0.212 e. The first-order valence-corrected chi connectivity index (χ1v) is 7.70. The molecule has 0 radical (unpaired) electrons. The molecule has 0 amide bonds. The van der Waals surface area contributed by atoms with E-state index in [9.17, 15) is 12.8 Å². The zero-order chi connectivity index (χ0) is 13.8. The predicted octanol–water partition coefficient (Wildman–Crippen LogP) is 2.78. The first kappa shape index (κ1) is 15.1. The van der Waals surface area contributed by atoms with Gasteiger partial charge in [-0.25, -0.2) is 17.5 Å². The van der Waals surface area contributed by atoms with Crippen molar-refractivity contribution in [3.8, 4) is 0 Å². The molecule has 1 rings (SSSR count). The third-order valence-electron chi connectivity index (χ3n) is 2.72. The molecule has 102 valence electrons. The molecule has 0 saturated heterocycles. The third-order valence-corrected chi connectivity index (χ3v) is 4.37. The molecule has 1 aromatic carbocycles. The van der Waals surface area contributed by atoms with Crippen molar-refractivity contribution < 1.29 is 12.8 Å². The number of sulfonamides is 1. The first-order chi connectivity index (χ1) is 8.28. The van der Waals surface area contributed by atoms with Crippen LogP contribution in [0.1, 0.15) is 39.2 Å². The summed E-state index contributed by atoms with van der Waals surface area (Å²) in [7, 11) is -3.38. The smallest absolute Gasteiger partial charge is 0.212 e. The van der Waals surface area contributed by atoms with Gasteiger partial charge < -0.3 is 0 Å². The first-order valence-electron chi connectivity index (χ1n) is 6.05. The lowest BCUT2D eigenvalue weighted by molar-refractivity contribution is 0.446. The van der Waals surface area contributed by atoms with Gasteiger partial charge in [0.15, 0.2) is 0 Å². The molecule has 0 heterocycles. The van der Waals surface area contributed by atoms with Gasteiger partial charge in [0.2, 0.25) is 10.0 Å². The summed E-state index contributed by atoms with van der Waals surface area (Å²) in [5.41, 5.74) is -0.595. The van der Waals surface area contributed by atoms with Crippen molar-refractivity contribution in [2.45, 2.75) is 39.2 Å². The van der Waals surface area contributed by atoms with E-state index in [1.165, 1.54) is 6.07 Å². The largest absolute Gasteiger partial charge is 0.212 e. The fourth-order valence-corrected chi connectivity index (χ4v) is 3.46. The molecule has 0 spiro atoms. The molecular formula is C13H20FNO2S. The second-order valence-corrected chi connectivity index (χ2v) is 6.72. The Morgan fingerprint density at radius 1 is 1.28 bits per heavy atom. The molecule has 0 atom stereocenters. The van der Waals surface area contributed by atoms with Crippen LogP contribution in [0.5, 0.6) is 0 Å². The Balaban J connectivity index is 2.92. The molecule has 0 bridgehead atoms. The van der Waals surface area contributed by atoms with Crippen LogP contribution in [0.4, 0.5) is 4.39 Å². The molecule has 0 saturated carbocycles. The summed E-state index contributed by atoms with van der Waals surface area (Å²) in [5.74, 6) is -0.331. The number of nitrogens with one attached hydrogen (secondary N) is 1. The van der Waals surface area contributed by atoms with E-state index in [0.717, 1.165) is 6.42 Å². The maximum Gasteiger partial charge on any atom is 0.212 e. The summed E-state index contributed by atoms with van der Waals surface area (Å²) < 4.78 is 39.9. The van der Waals surface area contributed by atoms with E-state index < -0.39 is 21.4 Å². The SMILES string of the molecule is CCCCS(=O)(=O)NC(C)(C)c1ccccc1F. The van der Waals surface area contributed by atoms with Gasteiger partial charge in [-0.2, -0.15) is 0 Å². The predicted molar refractivity (Wildman–Crippen MR) is 71.3 cm³/mol. The Labute approximate surface area is 108 Å². The van der Waals surface area contributed by atoms with E-state index in [0.29, 0.717) is 12.0 Å². The number of halogens is 1. The number of unbranched alkanes of at least 4 members (excludes halogenated alkanes) is 1. The average Bonchev–Trinajstić information content (AvgIpc) is 2.25. The Morgan fingerprint density at radius 2 is 1.89 bits per heavy atom. The van der Waals surface area contributed by atoms with Crippen LogP contribution in [0, 0.1) is 5.82 Å². The van der Waals surface area contributed by atoms with Crippen LogP contribution < -0.4 is 4.72 Å². The Morgan fingerprint density at radius 3 is 2.44 bits per heavy atom. The molecule has 0 fully saturated rings. The molecule has 0 aliphatic rings. The molecule has 0 unspecified atom stereocenters. The van der Waals surface area contributed by atoms with Gasteiger partial charge in [-0.05, 0) is 26.3 Å². The highest BCUT2D eigenvalue weighted by atomic mass is 32.2. The molecule has 18 heavy (non-hydrogen) atoms. The molecular weight excluding hydrogens is 253 g/mol. The Kier molecular flexibility index (Phi) is 4.87. The normalized spacial score (nSPS) is 12.7. The van der Waals surface area contributed by atoms with Crippen molar-refractivity contribution in [1.82, 2.24) is 4.72 Å². The van der Waals surface area contributed by atoms with Crippen LogP contribution in [-0.2, 0) is 15.6 Å². The maximum atomic E-state index is 13.7. The molecule has 3 nitrogen and oxygen atoms in total. The fourth-order valence-electron chi connectivity index (χ4n) is 1.80. The van der Waals surface area contributed by atoms with E-state index >= 15 is 0 Å². The number of hydrogen-bond acceptors (Lipinski definition) is 2. The highest BCUT2D eigenvalue weighted by Gasteiger charge is 2.28. The molecule has 5 heteroatoms. The minimum atomic E-state index is -3.38. The van der Waals surface area contributed by atoms with E-state index in [1.54, 1.807) is 32.0 Å². The van der Waals surface area contributed by atoms with Crippen LogP contribution in [0.15, 0.2) is 24.3 Å². The van der Waals surface area contributed by atoms with Crippen molar-refractivity contribution in [1.29, 1.82) is 0 Å². The molecule has 1 aromatic rings. The quantitative estimate of drug-likeness (QED) is 0.866. The summed E-state index contributed by atoms with van der Waals surface area (Å²) in [6.07, 6.45) is 1.41. The van der Waals surface area contributed by atoms with Gasteiger partial charge in [-0.3, -0.25) is 0 Å². The van der Waals surface area contributed by atoms with Gasteiger partial charge in [0.1, 0.15) is 5.82 Å². The van der Waals surface area contributed by atoms with Crippen LogP contribution in [-0.4, -0.2) is 14.2 Å². The topological polar surface area (TPSA) is 46.2 Å². The van der Waals surface area contributed by atoms with Gasteiger partial charge in [-0.15, -0.1) is 0 Å². The standard InChI is InChI=1S/C13H20FNO2S/c1-4-5-10-18(16,17)15-13(2,3)11-8-6-7-9-12(11)14/h6-9,15H,4-5,10H2,1-3H3. The highest BCUT2D eigenvalue weighted by molar-refractivity contribution is 7.89. The van der Waals surface area contributed by atoms with Crippen molar-refractivity contribution in [3.63, 3.8) is 0 Å². The highest BCUT2D eigenvalue weighted by Crippen LogP contribution is 2.23. The van der Waals surface area contributed by atoms with Crippen molar-refractivity contribution >= 4 is 10.0 Å². The van der Waals surface area contributed by atoms with Crippen LogP contribution in [0.25, 0.3) is 0 Å². The van der Waals surface area contributed by atoms with Gasteiger partial charge in [0, 0.05) is 5.56 Å². The van der Waals surface area contributed by atoms with E-state index in [4.69, 9.17) is 0 Å². The van der Waals surface area contributed by atoms with Crippen LogP contribution in [0.2, 0.25) is 0 Å². The molecule has 1 N–H and O–H groups in total. The zero-order valence-electron chi connectivity index (χ0n) is 11.0. The van der Waals surface area contributed by atoms with Crippen molar-refractivity contribution in [2.75, 3.05) is 5.75 Å². The second-order valence-electron chi connectivity index (χ2n) is 4.88. The third kappa shape index (κ3) is 4.07. The van der Waals surface area contributed by atoms with Gasteiger partial charge in [-0.1, -0.05) is 31.5 Å².